The number of hydrogen-bond acceptors (Lipinski definition) is 6. The van der Waals surface area contributed by atoms with Crippen LogP contribution in [0.5, 0.6) is 5.75 Å². The summed E-state index contributed by atoms with van der Waals surface area (Å²) in [6.07, 6.45) is -0.651. The Morgan fingerprint density at radius 1 is 1.08 bits per heavy atom. The van der Waals surface area contributed by atoms with E-state index in [9.17, 15) is 4.79 Å². The van der Waals surface area contributed by atoms with E-state index in [0.717, 1.165) is 22.4 Å². The van der Waals surface area contributed by atoms with Gasteiger partial charge in [-0.3, -0.25) is 0 Å². The number of rotatable bonds is 5. The molecule has 0 N–H and O–H groups in total. The van der Waals surface area contributed by atoms with Gasteiger partial charge in [0.15, 0.2) is 6.10 Å². The third-order valence-electron chi connectivity index (χ3n) is 4.23. The Morgan fingerprint density at radius 3 is 2.50 bits per heavy atom. The van der Waals surface area contributed by atoms with Crippen molar-refractivity contribution in [1.82, 2.24) is 10.2 Å². The van der Waals surface area contributed by atoms with Crippen molar-refractivity contribution in [2.24, 2.45) is 0 Å². The molecule has 3 aromatic rings. The van der Waals surface area contributed by atoms with Gasteiger partial charge in [-0.25, -0.2) is 4.79 Å². The normalized spacial score (nSPS) is 11.8. The van der Waals surface area contributed by atoms with E-state index in [1.165, 1.54) is 0 Å². The van der Waals surface area contributed by atoms with Gasteiger partial charge in [-0.1, -0.05) is 12.1 Å². The molecule has 1 unspecified atom stereocenters. The predicted molar refractivity (Wildman–Crippen MR) is 96.0 cm³/mol. The fourth-order valence-corrected chi connectivity index (χ4v) is 2.50. The summed E-state index contributed by atoms with van der Waals surface area (Å²) in [5.74, 6) is 0.930. The quantitative estimate of drug-likeness (QED) is 0.638. The lowest BCUT2D eigenvalue weighted by molar-refractivity contribution is 0.0279. The van der Waals surface area contributed by atoms with Crippen LogP contribution in [0.4, 0.5) is 0 Å². The lowest BCUT2D eigenvalue weighted by atomic mass is 10.0. The molecule has 6 nitrogen and oxygen atoms in total. The molecule has 1 atom stereocenters. The molecule has 0 amide bonds. The minimum atomic E-state index is -0.651. The van der Waals surface area contributed by atoms with Crippen LogP contribution in [0, 0.1) is 13.8 Å². The summed E-state index contributed by atoms with van der Waals surface area (Å²) in [6, 6.07) is 12.8. The van der Waals surface area contributed by atoms with Gasteiger partial charge in [0.2, 0.25) is 5.89 Å². The van der Waals surface area contributed by atoms with Gasteiger partial charge in [-0.05, 0) is 62.2 Å². The predicted octanol–water partition coefficient (Wildman–Crippen LogP) is 4.28. The van der Waals surface area contributed by atoms with Gasteiger partial charge in [0.05, 0.1) is 12.7 Å². The van der Waals surface area contributed by atoms with Gasteiger partial charge in [0.25, 0.3) is 5.89 Å². The van der Waals surface area contributed by atoms with Crippen LogP contribution in [0.15, 0.2) is 46.9 Å². The second kappa shape index (κ2) is 7.39. The molecule has 0 radical (unpaired) electrons. The Balaban J connectivity index is 1.74. The van der Waals surface area contributed by atoms with Crippen LogP contribution >= 0.6 is 0 Å². The van der Waals surface area contributed by atoms with Gasteiger partial charge < -0.3 is 13.9 Å². The SMILES string of the molecule is COc1ccc(-c2nnc(C(C)OC(=O)c3cccc(C)c3C)o2)cc1. The van der Waals surface area contributed by atoms with E-state index in [1.54, 1.807) is 20.1 Å². The third-order valence-corrected chi connectivity index (χ3v) is 4.23. The van der Waals surface area contributed by atoms with Gasteiger partial charge in [0.1, 0.15) is 5.75 Å². The van der Waals surface area contributed by atoms with Crippen molar-refractivity contribution in [2.45, 2.75) is 26.9 Å². The summed E-state index contributed by atoms with van der Waals surface area (Å²) in [5, 5.41) is 8.02. The number of hydrogen-bond donors (Lipinski definition) is 0. The van der Waals surface area contributed by atoms with Crippen molar-refractivity contribution >= 4 is 5.97 Å². The number of methoxy groups -OCH3 is 1. The first-order valence-corrected chi connectivity index (χ1v) is 8.24. The molecule has 1 heterocycles. The molecule has 0 aliphatic carbocycles. The lowest BCUT2D eigenvalue weighted by Crippen LogP contribution is -2.11. The first kappa shape index (κ1) is 17.7. The summed E-state index contributed by atoms with van der Waals surface area (Å²) in [6.45, 7) is 5.55. The average molecular weight is 352 g/mol. The van der Waals surface area contributed by atoms with E-state index >= 15 is 0 Å². The highest BCUT2D eigenvalue weighted by Gasteiger charge is 2.21. The standard InChI is InChI=1S/C20H20N2O4/c1-12-6-5-7-17(13(12)2)20(23)25-14(3)18-21-22-19(26-18)15-8-10-16(24-4)11-9-15/h5-11,14H,1-4H3. The monoisotopic (exact) mass is 352 g/mol. The molecule has 2 aromatic carbocycles. The van der Waals surface area contributed by atoms with Crippen LogP contribution in [0.1, 0.15) is 40.4 Å². The number of nitrogens with zero attached hydrogens (tertiary/aromatic N) is 2. The maximum Gasteiger partial charge on any atom is 0.339 e. The molecular weight excluding hydrogens is 332 g/mol. The first-order valence-electron chi connectivity index (χ1n) is 8.24. The minimum absolute atomic E-state index is 0.245. The smallest absolute Gasteiger partial charge is 0.339 e. The van der Waals surface area contributed by atoms with Gasteiger partial charge in [0, 0.05) is 5.56 Å². The van der Waals surface area contributed by atoms with Crippen LogP contribution < -0.4 is 4.74 Å². The molecule has 0 spiro atoms. The Hall–Kier alpha value is -3.15. The Morgan fingerprint density at radius 2 is 1.81 bits per heavy atom. The van der Waals surface area contributed by atoms with Crippen molar-refractivity contribution < 1.29 is 18.7 Å². The summed E-state index contributed by atoms with van der Waals surface area (Å²) in [7, 11) is 1.60. The molecule has 3 rings (SSSR count). The topological polar surface area (TPSA) is 74.5 Å². The van der Waals surface area contributed by atoms with Crippen molar-refractivity contribution in [3.05, 3.63) is 65.0 Å². The van der Waals surface area contributed by atoms with E-state index in [4.69, 9.17) is 13.9 Å². The maximum atomic E-state index is 12.4. The number of carbonyl (C=O) groups is 1. The van der Waals surface area contributed by atoms with Crippen molar-refractivity contribution in [1.29, 1.82) is 0 Å². The second-order valence-corrected chi connectivity index (χ2v) is 5.97. The highest BCUT2D eigenvalue weighted by atomic mass is 16.6. The van der Waals surface area contributed by atoms with Gasteiger partial charge >= 0.3 is 5.97 Å². The fourth-order valence-electron chi connectivity index (χ4n) is 2.50. The fraction of sp³-hybridized carbons (Fsp3) is 0.250. The number of carbonyl (C=O) groups excluding carboxylic acids is 1. The van der Waals surface area contributed by atoms with Crippen molar-refractivity contribution in [3.63, 3.8) is 0 Å². The molecule has 0 aliphatic rings. The average Bonchev–Trinajstić information content (AvgIpc) is 3.14. The van der Waals surface area contributed by atoms with Crippen LogP contribution in [0.2, 0.25) is 0 Å². The molecule has 6 heteroatoms. The second-order valence-electron chi connectivity index (χ2n) is 5.97. The maximum absolute atomic E-state index is 12.4. The molecule has 0 fully saturated rings. The zero-order valence-electron chi connectivity index (χ0n) is 15.1. The Bertz CT molecular complexity index is 916. The summed E-state index contributed by atoms with van der Waals surface area (Å²) >= 11 is 0. The number of esters is 1. The van der Waals surface area contributed by atoms with Crippen molar-refractivity contribution in [3.8, 4) is 17.2 Å². The molecule has 26 heavy (non-hydrogen) atoms. The summed E-state index contributed by atoms with van der Waals surface area (Å²) < 4.78 is 16.3. The third kappa shape index (κ3) is 3.59. The summed E-state index contributed by atoms with van der Waals surface area (Å²) in [5.41, 5.74) is 3.23. The number of benzene rings is 2. The Labute approximate surface area is 151 Å². The highest BCUT2D eigenvalue weighted by molar-refractivity contribution is 5.91. The van der Waals surface area contributed by atoms with Crippen LogP contribution in [-0.2, 0) is 4.74 Å². The van der Waals surface area contributed by atoms with Crippen molar-refractivity contribution in [2.75, 3.05) is 7.11 Å². The Kier molecular flexibility index (Phi) is 5.02. The highest BCUT2D eigenvalue weighted by Crippen LogP contribution is 2.25. The number of aryl methyl sites for hydroxylation is 1. The van der Waals surface area contributed by atoms with E-state index in [1.807, 2.05) is 50.2 Å². The van der Waals surface area contributed by atoms with E-state index < -0.39 is 12.1 Å². The molecule has 0 bridgehead atoms. The van der Waals surface area contributed by atoms with E-state index in [0.29, 0.717) is 11.5 Å². The largest absolute Gasteiger partial charge is 0.497 e. The first-order chi connectivity index (χ1) is 12.5. The number of ether oxygens (including phenoxy) is 2. The van der Waals surface area contributed by atoms with Gasteiger partial charge in [-0.15, -0.1) is 10.2 Å². The molecule has 0 saturated heterocycles. The molecule has 0 aliphatic heterocycles. The van der Waals surface area contributed by atoms with E-state index in [2.05, 4.69) is 10.2 Å². The van der Waals surface area contributed by atoms with Crippen LogP contribution in [0.25, 0.3) is 11.5 Å². The van der Waals surface area contributed by atoms with Gasteiger partial charge in [-0.2, -0.15) is 0 Å². The molecular formula is C20H20N2O4. The minimum Gasteiger partial charge on any atom is -0.497 e. The lowest BCUT2D eigenvalue weighted by Gasteiger charge is -2.12. The van der Waals surface area contributed by atoms with Crippen LogP contribution in [0.3, 0.4) is 0 Å². The zero-order chi connectivity index (χ0) is 18.7. The molecule has 0 saturated carbocycles. The van der Waals surface area contributed by atoms with E-state index in [-0.39, 0.29) is 5.89 Å². The summed E-state index contributed by atoms with van der Waals surface area (Å²) in [4.78, 5) is 12.4. The molecule has 1 aromatic heterocycles. The molecule has 134 valence electrons. The van der Waals surface area contributed by atoms with Crippen LogP contribution in [-0.4, -0.2) is 23.3 Å². The zero-order valence-corrected chi connectivity index (χ0v) is 15.1. The number of aromatic nitrogens is 2.